The van der Waals surface area contributed by atoms with E-state index in [0.717, 1.165) is 29.9 Å². The minimum absolute atomic E-state index is 0.0400. The number of hydrogen-bond donors (Lipinski definition) is 1. The van der Waals surface area contributed by atoms with E-state index in [4.69, 9.17) is 4.42 Å². The predicted molar refractivity (Wildman–Crippen MR) is 64.1 cm³/mol. The molecule has 1 heterocycles. The van der Waals surface area contributed by atoms with Crippen LogP contribution in [0.3, 0.4) is 0 Å². The molecule has 0 radical (unpaired) electrons. The molecule has 0 amide bonds. The highest BCUT2D eigenvalue weighted by atomic mass is 19.1. The van der Waals surface area contributed by atoms with Gasteiger partial charge in [-0.15, -0.1) is 0 Å². The molecular weight excluding hydrogens is 217 g/mol. The van der Waals surface area contributed by atoms with Gasteiger partial charge in [-0.25, -0.2) is 4.39 Å². The Labute approximate surface area is 99.5 Å². The summed E-state index contributed by atoms with van der Waals surface area (Å²) < 4.78 is 18.7. The highest BCUT2D eigenvalue weighted by Crippen LogP contribution is 2.46. The SMILES string of the molecule is CNC1(c2ccc(-c3ccc(F)cc3)o2)CC1. The van der Waals surface area contributed by atoms with Gasteiger partial charge in [0, 0.05) is 5.56 Å². The van der Waals surface area contributed by atoms with Crippen LogP contribution >= 0.6 is 0 Å². The third-order valence-corrected chi connectivity index (χ3v) is 3.43. The maximum Gasteiger partial charge on any atom is 0.134 e. The average molecular weight is 231 g/mol. The second kappa shape index (κ2) is 3.70. The van der Waals surface area contributed by atoms with Gasteiger partial charge in [0.1, 0.15) is 17.3 Å². The van der Waals surface area contributed by atoms with Crippen LogP contribution in [0.1, 0.15) is 18.6 Å². The molecule has 0 saturated heterocycles. The Morgan fingerprint density at radius 2 is 1.82 bits per heavy atom. The van der Waals surface area contributed by atoms with Crippen molar-refractivity contribution in [1.82, 2.24) is 5.32 Å². The zero-order chi connectivity index (χ0) is 11.9. The first-order chi connectivity index (χ1) is 8.23. The standard InChI is InChI=1S/C14H14FNO/c1-16-14(8-9-14)13-7-6-12(17-13)10-2-4-11(15)5-3-10/h2-7,16H,8-9H2,1H3. The monoisotopic (exact) mass is 231 g/mol. The summed E-state index contributed by atoms with van der Waals surface area (Å²) in [5, 5.41) is 3.29. The van der Waals surface area contributed by atoms with Gasteiger partial charge in [0.05, 0.1) is 5.54 Å². The van der Waals surface area contributed by atoms with Gasteiger partial charge in [-0.3, -0.25) is 0 Å². The van der Waals surface area contributed by atoms with Crippen LogP contribution in [0.25, 0.3) is 11.3 Å². The summed E-state index contributed by atoms with van der Waals surface area (Å²) in [7, 11) is 1.95. The highest BCUT2D eigenvalue weighted by Gasteiger charge is 2.45. The van der Waals surface area contributed by atoms with Crippen molar-refractivity contribution in [2.45, 2.75) is 18.4 Å². The largest absolute Gasteiger partial charge is 0.459 e. The van der Waals surface area contributed by atoms with Gasteiger partial charge < -0.3 is 9.73 Å². The Morgan fingerprint density at radius 1 is 1.12 bits per heavy atom. The van der Waals surface area contributed by atoms with Crippen LogP contribution < -0.4 is 5.32 Å². The summed E-state index contributed by atoms with van der Waals surface area (Å²) in [6, 6.07) is 10.3. The first-order valence-corrected chi connectivity index (χ1v) is 5.79. The molecule has 0 atom stereocenters. The molecule has 88 valence electrons. The molecule has 1 aromatic carbocycles. The van der Waals surface area contributed by atoms with Gasteiger partial charge in [0.15, 0.2) is 0 Å². The molecule has 1 aliphatic rings. The first-order valence-electron chi connectivity index (χ1n) is 5.79. The van der Waals surface area contributed by atoms with Crippen LogP contribution in [0.2, 0.25) is 0 Å². The third kappa shape index (κ3) is 1.76. The third-order valence-electron chi connectivity index (χ3n) is 3.43. The zero-order valence-electron chi connectivity index (χ0n) is 9.66. The quantitative estimate of drug-likeness (QED) is 0.876. The predicted octanol–water partition coefficient (Wildman–Crippen LogP) is 3.29. The Hall–Kier alpha value is -1.61. The molecule has 1 N–H and O–H groups in total. The summed E-state index contributed by atoms with van der Waals surface area (Å²) in [6.45, 7) is 0. The van der Waals surface area contributed by atoms with E-state index in [2.05, 4.69) is 5.32 Å². The lowest BCUT2D eigenvalue weighted by atomic mass is 10.2. The number of benzene rings is 1. The molecule has 3 rings (SSSR count). The summed E-state index contributed by atoms with van der Waals surface area (Å²) in [5.41, 5.74) is 0.947. The topological polar surface area (TPSA) is 25.2 Å². The van der Waals surface area contributed by atoms with Crippen LogP contribution in [-0.2, 0) is 5.54 Å². The first kappa shape index (κ1) is 10.5. The average Bonchev–Trinajstić information content (AvgIpc) is 3.00. The Balaban J connectivity index is 1.92. The van der Waals surface area contributed by atoms with Crippen LogP contribution in [0, 0.1) is 5.82 Å². The Morgan fingerprint density at radius 3 is 2.41 bits per heavy atom. The molecule has 1 fully saturated rings. The van der Waals surface area contributed by atoms with E-state index in [-0.39, 0.29) is 11.4 Å². The van der Waals surface area contributed by atoms with E-state index in [1.165, 1.54) is 12.1 Å². The maximum absolute atomic E-state index is 12.8. The summed E-state index contributed by atoms with van der Waals surface area (Å²) in [6.07, 6.45) is 2.22. The molecule has 1 aliphatic carbocycles. The van der Waals surface area contributed by atoms with Gasteiger partial charge in [-0.2, -0.15) is 0 Å². The highest BCUT2D eigenvalue weighted by molar-refractivity contribution is 5.57. The minimum Gasteiger partial charge on any atom is -0.459 e. The van der Waals surface area contributed by atoms with Crippen molar-refractivity contribution in [3.63, 3.8) is 0 Å². The second-order valence-electron chi connectivity index (χ2n) is 4.50. The number of halogens is 1. The Kier molecular flexibility index (Phi) is 2.30. The van der Waals surface area contributed by atoms with Crippen molar-refractivity contribution >= 4 is 0 Å². The van der Waals surface area contributed by atoms with Crippen molar-refractivity contribution in [2.24, 2.45) is 0 Å². The van der Waals surface area contributed by atoms with Crippen LogP contribution in [-0.4, -0.2) is 7.05 Å². The fraction of sp³-hybridized carbons (Fsp3) is 0.286. The van der Waals surface area contributed by atoms with E-state index in [9.17, 15) is 4.39 Å². The molecule has 1 aromatic heterocycles. The van der Waals surface area contributed by atoms with Crippen molar-refractivity contribution in [2.75, 3.05) is 7.05 Å². The molecular formula is C14H14FNO. The number of hydrogen-bond acceptors (Lipinski definition) is 2. The van der Waals surface area contributed by atoms with Gasteiger partial charge in [-0.1, -0.05) is 0 Å². The lowest BCUT2D eigenvalue weighted by Crippen LogP contribution is -2.23. The van der Waals surface area contributed by atoms with E-state index >= 15 is 0 Å². The number of rotatable bonds is 3. The lowest BCUT2D eigenvalue weighted by Gasteiger charge is -2.09. The number of furan rings is 1. The van der Waals surface area contributed by atoms with Crippen molar-refractivity contribution < 1.29 is 8.81 Å². The molecule has 0 spiro atoms. The summed E-state index contributed by atoms with van der Waals surface area (Å²) in [4.78, 5) is 0. The second-order valence-corrected chi connectivity index (χ2v) is 4.50. The molecule has 0 bridgehead atoms. The fourth-order valence-electron chi connectivity index (χ4n) is 2.11. The van der Waals surface area contributed by atoms with Crippen LogP contribution in [0.15, 0.2) is 40.8 Å². The molecule has 2 nitrogen and oxygen atoms in total. The van der Waals surface area contributed by atoms with Crippen molar-refractivity contribution in [3.8, 4) is 11.3 Å². The molecule has 0 unspecified atom stereocenters. The van der Waals surface area contributed by atoms with E-state index < -0.39 is 0 Å². The Bertz CT molecular complexity index is 525. The fourth-order valence-corrected chi connectivity index (χ4v) is 2.11. The zero-order valence-corrected chi connectivity index (χ0v) is 9.66. The maximum atomic E-state index is 12.8. The molecule has 0 aliphatic heterocycles. The molecule has 1 saturated carbocycles. The molecule has 2 aromatic rings. The van der Waals surface area contributed by atoms with Gasteiger partial charge in [0.25, 0.3) is 0 Å². The van der Waals surface area contributed by atoms with Crippen LogP contribution in [0.5, 0.6) is 0 Å². The summed E-state index contributed by atoms with van der Waals surface area (Å²) in [5.74, 6) is 1.54. The van der Waals surface area contributed by atoms with E-state index in [1.807, 2.05) is 19.2 Å². The molecule has 17 heavy (non-hydrogen) atoms. The van der Waals surface area contributed by atoms with E-state index in [0.29, 0.717) is 0 Å². The van der Waals surface area contributed by atoms with E-state index in [1.54, 1.807) is 12.1 Å². The van der Waals surface area contributed by atoms with Crippen molar-refractivity contribution in [1.29, 1.82) is 0 Å². The minimum atomic E-state index is -0.227. The molecule has 3 heteroatoms. The summed E-state index contributed by atoms with van der Waals surface area (Å²) >= 11 is 0. The van der Waals surface area contributed by atoms with Gasteiger partial charge in [0.2, 0.25) is 0 Å². The lowest BCUT2D eigenvalue weighted by molar-refractivity contribution is 0.425. The van der Waals surface area contributed by atoms with Gasteiger partial charge in [-0.05, 0) is 56.3 Å². The van der Waals surface area contributed by atoms with Crippen molar-refractivity contribution in [3.05, 3.63) is 48.0 Å². The number of nitrogens with one attached hydrogen (secondary N) is 1. The normalized spacial score (nSPS) is 17.1. The smallest absolute Gasteiger partial charge is 0.134 e. The van der Waals surface area contributed by atoms with Crippen LogP contribution in [0.4, 0.5) is 4.39 Å². The van der Waals surface area contributed by atoms with Gasteiger partial charge >= 0.3 is 0 Å².